The highest BCUT2D eigenvalue weighted by atomic mass is 16.1. The molecule has 2 rings (SSSR count). The zero-order valence-electron chi connectivity index (χ0n) is 9.78. The molecule has 17 heavy (non-hydrogen) atoms. The molecule has 0 spiro atoms. The van der Waals surface area contributed by atoms with Crippen LogP contribution in [-0.4, -0.2) is 30.3 Å². The topological polar surface area (TPSA) is 46.3 Å². The Hall–Kier alpha value is -1.87. The van der Waals surface area contributed by atoms with Crippen LogP contribution in [0, 0.1) is 0 Å². The summed E-state index contributed by atoms with van der Waals surface area (Å²) >= 11 is 0. The third-order valence-corrected chi connectivity index (χ3v) is 3.04. The number of carbonyl (C=O) groups excluding carboxylic acids is 1. The van der Waals surface area contributed by atoms with Gasteiger partial charge in [0.2, 0.25) is 0 Å². The van der Waals surface area contributed by atoms with E-state index >= 15 is 0 Å². The summed E-state index contributed by atoms with van der Waals surface area (Å²) < 4.78 is 0. The van der Waals surface area contributed by atoms with E-state index in [1.54, 1.807) is 0 Å². The van der Waals surface area contributed by atoms with Gasteiger partial charge in [0.15, 0.2) is 0 Å². The maximum absolute atomic E-state index is 11.1. The van der Waals surface area contributed by atoms with Crippen LogP contribution in [-0.2, 0) is 4.79 Å². The molecule has 2 atom stereocenters. The zero-order valence-corrected chi connectivity index (χ0v) is 9.78. The van der Waals surface area contributed by atoms with E-state index in [0.717, 1.165) is 17.4 Å². The summed E-state index contributed by atoms with van der Waals surface area (Å²) in [6.07, 6.45) is 6.66. The Balaban J connectivity index is 2.38. The number of hydrogen-bond acceptors (Lipinski definition) is 3. The Kier molecular flexibility index (Phi) is 3.40. The van der Waals surface area contributed by atoms with Crippen LogP contribution in [0.25, 0.3) is 5.57 Å². The van der Waals surface area contributed by atoms with Crippen LogP contribution in [0.5, 0.6) is 0 Å². The molecule has 1 heterocycles. The first kappa shape index (κ1) is 11.6. The van der Waals surface area contributed by atoms with Crippen molar-refractivity contribution in [3.05, 3.63) is 54.2 Å². The second-order valence-corrected chi connectivity index (χ2v) is 4.15. The number of carbonyl (C=O) groups is 1. The summed E-state index contributed by atoms with van der Waals surface area (Å²) in [6, 6.07) is 9.29. The lowest BCUT2D eigenvalue weighted by Gasteiger charge is -2.27. The molecule has 2 unspecified atom stereocenters. The highest BCUT2D eigenvalue weighted by Crippen LogP contribution is 2.22. The predicted molar refractivity (Wildman–Crippen MR) is 69.1 cm³/mol. The minimum absolute atomic E-state index is 0.310. The average molecular weight is 228 g/mol. The van der Waals surface area contributed by atoms with Crippen LogP contribution in [0.3, 0.4) is 0 Å². The second kappa shape index (κ2) is 4.97. The molecule has 0 amide bonds. The van der Waals surface area contributed by atoms with Crippen LogP contribution >= 0.6 is 0 Å². The fourth-order valence-electron chi connectivity index (χ4n) is 2.03. The first-order valence-corrected chi connectivity index (χ1v) is 5.60. The Morgan fingerprint density at radius 2 is 2.00 bits per heavy atom. The predicted octanol–water partition coefficient (Wildman–Crippen LogP) is 1.42. The molecule has 1 aliphatic rings. The minimum Gasteiger partial charge on any atom is -0.369 e. The molecule has 0 radical (unpaired) electrons. The van der Waals surface area contributed by atoms with Crippen molar-refractivity contribution in [2.75, 3.05) is 7.05 Å². The maximum atomic E-state index is 11.1. The van der Waals surface area contributed by atoms with Crippen molar-refractivity contribution >= 4 is 11.9 Å². The Bertz CT molecular complexity index is 451. The Labute approximate surface area is 101 Å². The molecule has 1 aromatic carbocycles. The molecule has 2 N–H and O–H groups in total. The van der Waals surface area contributed by atoms with Gasteiger partial charge in [-0.3, -0.25) is 0 Å². The number of benzene rings is 1. The van der Waals surface area contributed by atoms with E-state index in [9.17, 15) is 4.79 Å². The monoisotopic (exact) mass is 228 g/mol. The number of aldehydes is 1. The fraction of sp³-hybridized carbons (Fsp3) is 0.214. The molecule has 0 aromatic heterocycles. The zero-order chi connectivity index (χ0) is 12.3. The van der Waals surface area contributed by atoms with Crippen molar-refractivity contribution in [1.29, 1.82) is 0 Å². The first-order valence-electron chi connectivity index (χ1n) is 5.60. The van der Waals surface area contributed by atoms with E-state index in [1.165, 1.54) is 0 Å². The van der Waals surface area contributed by atoms with Crippen LogP contribution in [0.15, 0.2) is 48.7 Å². The van der Waals surface area contributed by atoms with Gasteiger partial charge in [-0.1, -0.05) is 36.4 Å². The standard InChI is InChI=1S/C14H16N2O/c1-16-9-5-8-12(14(15)13(16)10-17)11-6-3-2-4-7-11/h2-10,13-14H,15H2,1H3. The molecule has 0 saturated carbocycles. The number of likely N-dealkylation sites (N-methyl/N-ethyl adjacent to an activating group) is 1. The molecule has 3 heteroatoms. The van der Waals surface area contributed by atoms with Crippen molar-refractivity contribution in [3.8, 4) is 0 Å². The maximum Gasteiger partial charge on any atom is 0.144 e. The summed E-state index contributed by atoms with van der Waals surface area (Å²) in [5, 5.41) is 0. The van der Waals surface area contributed by atoms with Crippen LogP contribution in [0.1, 0.15) is 5.56 Å². The van der Waals surface area contributed by atoms with Crippen molar-refractivity contribution in [2.24, 2.45) is 5.73 Å². The number of rotatable bonds is 2. The second-order valence-electron chi connectivity index (χ2n) is 4.15. The SMILES string of the molecule is CN1C=CC=C(c2ccccc2)C(N)C1C=O. The fourth-order valence-corrected chi connectivity index (χ4v) is 2.03. The Morgan fingerprint density at radius 1 is 1.29 bits per heavy atom. The lowest BCUT2D eigenvalue weighted by molar-refractivity contribution is -0.111. The van der Waals surface area contributed by atoms with Crippen molar-refractivity contribution in [2.45, 2.75) is 12.1 Å². The molecular formula is C14H16N2O. The van der Waals surface area contributed by atoms with Crippen molar-refractivity contribution in [1.82, 2.24) is 4.90 Å². The van der Waals surface area contributed by atoms with Crippen molar-refractivity contribution < 1.29 is 4.79 Å². The van der Waals surface area contributed by atoms with Gasteiger partial charge in [-0.05, 0) is 23.4 Å². The van der Waals surface area contributed by atoms with Crippen LogP contribution in [0.4, 0.5) is 0 Å². The van der Waals surface area contributed by atoms with E-state index in [4.69, 9.17) is 5.73 Å². The summed E-state index contributed by atoms with van der Waals surface area (Å²) in [5.41, 5.74) is 8.23. The molecule has 0 fully saturated rings. The van der Waals surface area contributed by atoms with Gasteiger partial charge in [-0.2, -0.15) is 0 Å². The van der Waals surface area contributed by atoms with Gasteiger partial charge in [0.1, 0.15) is 12.3 Å². The van der Waals surface area contributed by atoms with Crippen LogP contribution < -0.4 is 5.73 Å². The lowest BCUT2D eigenvalue weighted by atomic mass is 9.94. The molecule has 0 bridgehead atoms. The third kappa shape index (κ3) is 2.29. The Morgan fingerprint density at radius 3 is 2.65 bits per heavy atom. The molecule has 88 valence electrons. The number of allylic oxidation sites excluding steroid dienone is 2. The number of nitrogens with two attached hydrogens (primary N) is 1. The molecule has 0 aliphatic carbocycles. The highest BCUT2D eigenvalue weighted by molar-refractivity contribution is 5.77. The summed E-state index contributed by atoms with van der Waals surface area (Å²) in [6.45, 7) is 0. The van der Waals surface area contributed by atoms with E-state index in [0.29, 0.717) is 0 Å². The minimum atomic E-state index is -0.319. The van der Waals surface area contributed by atoms with Crippen molar-refractivity contribution in [3.63, 3.8) is 0 Å². The van der Waals surface area contributed by atoms with Gasteiger partial charge in [0.25, 0.3) is 0 Å². The highest BCUT2D eigenvalue weighted by Gasteiger charge is 2.25. The van der Waals surface area contributed by atoms with Gasteiger partial charge in [-0.15, -0.1) is 0 Å². The van der Waals surface area contributed by atoms with E-state index < -0.39 is 0 Å². The molecule has 1 aliphatic heterocycles. The van der Waals surface area contributed by atoms with Gasteiger partial charge < -0.3 is 15.4 Å². The van der Waals surface area contributed by atoms with Crippen LogP contribution in [0.2, 0.25) is 0 Å². The molecular weight excluding hydrogens is 212 g/mol. The molecule has 3 nitrogen and oxygen atoms in total. The normalized spacial score (nSPS) is 24.1. The molecule has 1 aromatic rings. The van der Waals surface area contributed by atoms with Gasteiger partial charge >= 0.3 is 0 Å². The largest absolute Gasteiger partial charge is 0.369 e. The van der Waals surface area contributed by atoms with Gasteiger partial charge in [0.05, 0.1) is 6.04 Å². The van der Waals surface area contributed by atoms with E-state index in [-0.39, 0.29) is 12.1 Å². The average Bonchev–Trinajstić information content (AvgIpc) is 2.49. The van der Waals surface area contributed by atoms with Gasteiger partial charge in [0, 0.05) is 7.05 Å². The number of hydrogen-bond donors (Lipinski definition) is 1. The summed E-state index contributed by atoms with van der Waals surface area (Å²) in [4.78, 5) is 13.0. The number of nitrogens with zero attached hydrogens (tertiary/aromatic N) is 1. The molecule has 0 saturated heterocycles. The third-order valence-electron chi connectivity index (χ3n) is 3.04. The summed E-state index contributed by atoms with van der Waals surface area (Å²) in [5.74, 6) is 0. The van der Waals surface area contributed by atoms with Gasteiger partial charge in [-0.25, -0.2) is 0 Å². The van der Waals surface area contributed by atoms with E-state index in [2.05, 4.69) is 0 Å². The lowest BCUT2D eigenvalue weighted by Crippen LogP contribution is -2.45. The first-order chi connectivity index (χ1) is 8.24. The van der Waals surface area contributed by atoms with E-state index in [1.807, 2.05) is 60.6 Å². The quantitative estimate of drug-likeness (QED) is 0.779. The smallest absolute Gasteiger partial charge is 0.144 e. The summed E-state index contributed by atoms with van der Waals surface area (Å²) in [7, 11) is 1.86.